The van der Waals surface area contributed by atoms with Crippen LogP contribution in [0.2, 0.25) is 13.1 Å². The van der Waals surface area contributed by atoms with E-state index in [1.807, 2.05) is 0 Å². The summed E-state index contributed by atoms with van der Waals surface area (Å²) in [7, 11) is 11.0. The fourth-order valence-corrected chi connectivity index (χ4v) is 9.55. The third-order valence-electron chi connectivity index (χ3n) is 13.2. The molecule has 2 aliphatic carbocycles. The van der Waals surface area contributed by atoms with Gasteiger partial charge in [-0.1, -0.05) is 149 Å². The second kappa shape index (κ2) is 19.9. The predicted molar refractivity (Wildman–Crippen MR) is 255 cm³/mol. The van der Waals surface area contributed by atoms with E-state index in [1.54, 1.807) is 0 Å². The Hall–Kier alpha value is -3.26. The van der Waals surface area contributed by atoms with Gasteiger partial charge in [-0.2, -0.15) is 12.1 Å². The number of hydrogen-bond donors (Lipinski definition) is 0. The molecule has 0 bridgehead atoms. The topological polar surface area (TPSA) is 0 Å². The zero-order valence-corrected chi connectivity index (χ0v) is 39.7. The van der Waals surface area contributed by atoms with Crippen LogP contribution in [0.15, 0.2) is 146 Å². The van der Waals surface area contributed by atoms with Crippen molar-refractivity contribution < 1.29 is 20.8 Å². The first-order chi connectivity index (χ1) is 28.4. The zero-order valence-electron chi connectivity index (χ0n) is 34.7. The molecule has 2 fully saturated rings. The molecule has 0 saturated heterocycles. The first-order valence-electron chi connectivity index (χ1n) is 21.3. The van der Waals surface area contributed by atoms with E-state index in [9.17, 15) is 0 Å². The van der Waals surface area contributed by atoms with Gasteiger partial charge in [0.25, 0.3) is 0 Å². The van der Waals surface area contributed by atoms with Crippen LogP contribution in [0.1, 0.15) is 76.3 Å². The number of rotatable bonds is 8. The Morgan fingerprint density at radius 1 is 0.517 bits per heavy atom. The second-order valence-corrected chi connectivity index (χ2v) is 21.5. The maximum atomic E-state index is 4.93. The van der Waals surface area contributed by atoms with Crippen molar-refractivity contribution in [2.45, 2.75) is 91.1 Å². The van der Waals surface area contributed by atoms with Crippen molar-refractivity contribution in [2.24, 2.45) is 10.8 Å². The molecule has 10 rings (SSSR count). The van der Waals surface area contributed by atoms with Crippen LogP contribution in [0.4, 0.5) is 0 Å². The molecule has 0 N–H and O–H groups in total. The molecular formula is C54H56Cl2SiZr. The summed E-state index contributed by atoms with van der Waals surface area (Å²) >= 11 is -0.826. The van der Waals surface area contributed by atoms with Crippen LogP contribution in [-0.4, -0.2) is 9.52 Å². The first-order valence-corrected chi connectivity index (χ1v) is 29.6. The predicted octanol–water partition coefficient (Wildman–Crippen LogP) is 17.2. The molecule has 8 aromatic rings. The average molecular weight is 895 g/mol. The fraction of sp³-hybridized carbons (Fsp3) is 0.296. The molecule has 58 heavy (non-hydrogen) atoms. The minimum atomic E-state index is -0.826. The van der Waals surface area contributed by atoms with Crippen LogP contribution in [0.3, 0.4) is 0 Å². The van der Waals surface area contributed by atoms with E-state index in [-0.39, 0.29) is 0 Å². The van der Waals surface area contributed by atoms with E-state index >= 15 is 0 Å². The Morgan fingerprint density at radius 2 is 0.897 bits per heavy atom. The number of halogens is 2. The van der Waals surface area contributed by atoms with Gasteiger partial charge < -0.3 is 0 Å². The van der Waals surface area contributed by atoms with Crippen molar-refractivity contribution >= 4 is 69.6 Å². The number of hydrogen-bond acceptors (Lipinski definition) is 0. The van der Waals surface area contributed by atoms with Crippen molar-refractivity contribution in [1.82, 2.24) is 0 Å². The Balaban J connectivity index is 0.000000156. The summed E-state index contributed by atoms with van der Waals surface area (Å²) in [6, 6.07) is 54.2. The average Bonchev–Trinajstić information content (AvgIpc) is 3.84. The van der Waals surface area contributed by atoms with Crippen LogP contribution in [0.5, 0.6) is 0 Å². The van der Waals surface area contributed by atoms with Gasteiger partial charge in [0.2, 0.25) is 0 Å². The molecule has 0 aromatic heterocycles. The SMILES string of the molecule is CCC1(Cc2cc3c(-c4ccc5ccccc5c4)cccc3[cH-]2)CCC1.CCC1(Cc2cc3c(-c4ccc5ccccc5c4)cccc3[cH-]2)CCC1.C[Si]C.[Cl][Zr+2][Cl]. The number of benzene rings is 6. The van der Waals surface area contributed by atoms with Crippen LogP contribution in [0, 0.1) is 10.8 Å². The molecule has 0 unspecified atom stereocenters. The summed E-state index contributed by atoms with van der Waals surface area (Å²) in [6.45, 7) is 9.03. The molecule has 2 radical (unpaired) electrons. The van der Waals surface area contributed by atoms with E-state index in [0.717, 1.165) is 9.52 Å². The summed E-state index contributed by atoms with van der Waals surface area (Å²) in [5.74, 6) is 0. The molecule has 8 aromatic carbocycles. The molecule has 0 aliphatic heterocycles. The Labute approximate surface area is 368 Å². The molecule has 0 spiro atoms. The molecule has 294 valence electrons. The molecule has 0 amide bonds. The van der Waals surface area contributed by atoms with Gasteiger partial charge in [0.15, 0.2) is 0 Å². The minimum absolute atomic E-state index is 0.577. The molecule has 0 heterocycles. The maximum absolute atomic E-state index is 4.93. The number of fused-ring (bicyclic) bond motifs is 4. The third kappa shape index (κ3) is 9.68. The Morgan fingerprint density at radius 3 is 1.24 bits per heavy atom. The van der Waals surface area contributed by atoms with Crippen molar-refractivity contribution in [3.8, 4) is 22.3 Å². The van der Waals surface area contributed by atoms with E-state index in [4.69, 9.17) is 17.0 Å². The van der Waals surface area contributed by atoms with Crippen LogP contribution >= 0.6 is 17.0 Å². The monoisotopic (exact) mass is 892 g/mol. The van der Waals surface area contributed by atoms with Crippen molar-refractivity contribution in [1.29, 1.82) is 0 Å². The summed E-state index contributed by atoms with van der Waals surface area (Å²) < 4.78 is 0. The molecular weight excluding hydrogens is 839 g/mol. The van der Waals surface area contributed by atoms with Crippen LogP contribution in [-0.2, 0) is 33.7 Å². The third-order valence-corrected chi connectivity index (χ3v) is 13.2. The van der Waals surface area contributed by atoms with Crippen molar-refractivity contribution in [3.05, 3.63) is 157 Å². The quantitative estimate of drug-likeness (QED) is 0.105. The van der Waals surface area contributed by atoms with E-state index in [0.29, 0.717) is 10.8 Å². The zero-order chi connectivity index (χ0) is 40.5. The second-order valence-electron chi connectivity index (χ2n) is 16.8. The standard InChI is InChI=1S/2C26H25.C2H6Si.2ClH.Zr/c2*1-2-26(13-6-14-26)18-19-15-22-9-5-10-24(25(22)16-19)23-12-11-20-7-3-4-8-21(20)17-23;1-3-2;;;/h2*3-5,7-12,15-17H,2,6,13-14,18H2,1H3;1-2H3;2*1H;/q2*-1;;;;+4/p-2. The molecule has 0 nitrogen and oxygen atoms in total. The van der Waals surface area contributed by atoms with Gasteiger partial charge in [-0.3, -0.25) is 0 Å². The van der Waals surface area contributed by atoms with E-state index in [1.165, 1.54) is 141 Å². The summed E-state index contributed by atoms with van der Waals surface area (Å²) in [5.41, 5.74) is 9.56. The van der Waals surface area contributed by atoms with Gasteiger partial charge in [-0.15, -0.1) is 69.1 Å². The molecule has 4 heteroatoms. The van der Waals surface area contributed by atoms with E-state index < -0.39 is 20.8 Å². The molecule has 2 aliphatic rings. The van der Waals surface area contributed by atoms with Gasteiger partial charge in [-0.25, -0.2) is 0 Å². The Bertz CT molecular complexity index is 2380. The first kappa shape index (κ1) is 42.8. The van der Waals surface area contributed by atoms with Crippen molar-refractivity contribution in [3.63, 3.8) is 0 Å². The van der Waals surface area contributed by atoms with Crippen LogP contribution < -0.4 is 0 Å². The summed E-state index contributed by atoms with van der Waals surface area (Å²) in [5, 5.41) is 10.8. The summed E-state index contributed by atoms with van der Waals surface area (Å²) in [4.78, 5) is 0. The molecule has 2 saturated carbocycles. The normalized spacial score (nSPS) is 14.9. The van der Waals surface area contributed by atoms with Crippen molar-refractivity contribution in [2.75, 3.05) is 0 Å². The van der Waals surface area contributed by atoms with E-state index in [2.05, 4.69) is 173 Å². The van der Waals surface area contributed by atoms with Gasteiger partial charge >= 0.3 is 37.9 Å². The fourth-order valence-electron chi connectivity index (χ4n) is 9.55. The van der Waals surface area contributed by atoms with Crippen LogP contribution in [0.25, 0.3) is 65.3 Å². The van der Waals surface area contributed by atoms with Gasteiger partial charge in [0.05, 0.1) is 0 Å². The van der Waals surface area contributed by atoms with Gasteiger partial charge in [0.1, 0.15) is 0 Å². The Kier molecular flexibility index (Phi) is 14.7. The van der Waals surface area contributed by atoms with Gasteiger partial charge in [0, 0.05) is 9.52 Å². The van der Waals surface area contributed by atoms with Gasteiger partial charge in [-0.05, 0) is 94.2 Å². The molecule has 0 atom stereocenters. The summed E-state index contributed by atoms with van der Waals surface area (Å²) in [6.07, 6.45) is 13.6.